The second-order valence-corrected chi connectivity index (χ2v) is 6.17. The Kier molecular flexibility index (Phi) is 5.62. The van der Waals surface area contributed by atoms with Crippen LogP contribution in [-0.2, 0) is 9.53 Å². The third-order valence-corrected chi connectivity index (χ3v) is 3.74. The fraction of sp³-hybridized carbons (Fsp3) is 0.235. The van der Waals surface area contributed by atoms with Crippen LogP contribution < -0.4 is 5.32 Å². The lowest BCUT2D eigenvalue weighted by molar-refractivity contribution is -0.112. The Balaban J connectivity index is 2.37. The predicted octanol–water partition coefficient (Wildman–Crippen LogP) is 3.18. The average molecular weight is 397 g/mol. The fourth-order valence-electron chi connectivity index (χ4n) is 2.22. The number of carbonyl (C=O) groups is 1. The van der Waals surface area contributed by atoms with E-state index in [0.29, 0.717) is 22.2 Å². The molecule has 0 radical (unpaired) electrons. The number of hydrogen-bond donors (Lipinski definition) is 1. The third-order valence-electron chi connectivity index (χ3n) is 3.12. The summed E-state index contributed by atoms with van der Waals surface area (Å²) in [5.74, 6) is 2.01. The van der Waals surface area contributed by atoms with E-state index in [4.69, 9.17) is 6.42 Å². The standard InChI is InChI=1S/C17H15BrF2N2O2/c1-4-11(9-22(2)3)16(23)14-6-10-5-12(21-14)8-13(18)15(7-10)24-17(19)20/h1,6-9,17,21H,5H2,2-3H3/b11-9+. The lowest BCUT2D eigenvalue weighted by atomic mass is 10.0. The zero-order chi connectivity index (χ0) is 17.9. The molecule has 0 amide bonds. The first-order chi connectivity index (χ1) is 11.3. The van der Waals surface area contributed by atoms with E-state index in [1.807, 2.05) is 0 Å². The Labute approximate surface area is 147 Å². The van der Waals surface area contributed by atoms with Crippen LogP contribution in [0.4, 0.5) is 8.78 Å². The molecule has 24 heavy (non-hydrogen) atoms. The van der Waals surface area contributed by atoms with Crippen molar-refractivity contribution in [2.75, 3.05) is 14.1 Å². The summed E-state index contributed by atoms with van der Waals surface area (Å²) in [5.41, 5.74) is 1.81. The molecule has 126 valence electrons. The largest absolute Gasteiger partial charge is 0.434 e. The van der Waals surface area contributed by atoms with Gasteiger partial charge in [-0.05, 0) is 39.7 Å². The van der Waals surface area contributed by atoms with Crippen LogP contribution in [0.15, 0.2) is 57.2 Å². The van der Waals surface area contributed by atoms with Crippen molar-refractivity contribution in [1.29, 1.82) is 0 Å². The maximum atomic E-state index is 12.5. The number of fused-ring (bicyclic) bond motifs is 2. The summed E-state index contributed by atoms with van der Waals surface area (Å²) in [6.07, 6.45) is 12.1. The van der Waals surface area contributed by atoms with Gasteiger partial charge in [-0.15, -0.1) is 6.42 Å². The van der Waals surface area contributed by atoms with Crippen LogP contribution in [0.5, 0.6) is 0 Å². The van der Waals surface area contributed by atoms with Gasteiger partial charge >= 0.3 is 6.61 Å². The number of halogens is 3. The molecule has 4 nitrogen and oxygen atoms in total. The van der Waals surface area contributed by atoms with Crippen LogP contribution in [-0.4, -0.2) is 31.4 Å². The van der Waals surface area contributed by atoms with Crippen LogP contribution in [0.3, 0.4) is 0 Å². The summed E-state index contributed by atoms with van der Waals surface area (Å²) in [5, 5.41) is 2.99. The summed E-state index contributed by atoms with van der Waals surface area (Å²) in [6, 6.07) is 0. The molecule has 2 bridgehead atoms. The van der Waals surface area contributed by atoms with E-state index in [0.717, 1.165) is 0 Å². The highest BCUT2D eigenvalue weighted by molar-refractivity contribution is 9.11. The molecule has 2 aliphatic rings. The number of alkyl halides is 2. The molecule has 0 saturated carbocycles. The molecule has 0 spiro atoms. The van der Waals surface area contributed by atoms with E-state index in [-0.39, 0.29) is 22.8 Å². The number of nitrogens with zero attached hydrogens (tertiary/aromatic N) is 1. The van der Waals surface area contributed by atoms with E-state index < -0.39 is 6.61 Å². The minimum absolute atomic E-state index is 0.00255. The van der Waals surface area contributed by atoms with Gasteiger partial charge in [-0.2, -0.15) is 8.78 Å². The number of terminal acetylenes is 1. The monoisotopic (exact) mass is 396 g/mol. The Hall–Kier alpha value is -2.33. The van der Waals surface area contributed by atoms with Gasteiger partial charge in [0.25, 0.3) is 0 Å². The zero-order valence-electron chi connectivity index (χ0n) is 13.1. The molecule has 7 heteroatoms. The number of rotatable bonds is 5. The highest BCUT2D eigenvalue weighted by atomic mass is 79.9. The van der Waals surface area contributed by atoms with E-state index in [9.17, 15) is 13.6 Å². The minimum Gasteiger partial charge on any atom is -0.434 e. The minimum atomic E-state index is -2.94. The first-order valence-corrected chi connectivity index (χ1v) is 7.73. The SMILES string of the molecule is C#C/C(=C\N(C)C)C(=O)C1=CC2=CC(OC(F)F)=C(Br)C=C(C2)N1. The normalized spacial score (nSPS) is 17.2. The second kappa shape index (κ2) is 7.49. The highest BCUT2D eigenvalue weighted by Gasteiger charge is 2.23. The fourth-order valence-corrected chi connectivity index (χ4v) is 2.71. The molecular formula is C17H15BrF2N2O2. The number of Topliss-reactive ketones (excluding diaryl/α,β-unsaturated/α-hetero) is 1. The molecule has 0 aromatic rings. The molecule has 1 aliphatic carbocycles. The van der Waals surface area contributed by atoms with Crippen LogP contribution in [0.1, 0.15) is 6.42 Å². The molecule has 0 unspecified atom stereocenters. The van der Waals surface area contributed by atoms with E-state index in [1.165, 1.54) is 6.08 Å². The van der Waals surface area contributed by atoms with Gasteiger partial charge in [0.05, 0.1) is 15.8 Å². The number of allylic oxidation sites excluding steroid dienone is 6. The molecule has 0 aromatic heterocycles. The maximum absolute atomic E-state index is 12.5. The van der Waals surface area contributed by atoms with Crippen LogP contribution >= 0.6 is 15.9 Å². The van der Waals surface area contributed by atoms with Gasteiger partial charge in [-0.3, -0.25) is 4.79 Å². The molecule has 2 rings (SSSR count). The van der Waals surface area contributed by atoms with E-state index in [2.05, 4.69) is 31.9 Å². The lowest BCUT2D eigenvalue weighted by Gasteiger charge is -2.19. The summed E-state index contributed by atoms with van der Waals surface area (Å²) in [7, 11) is 3.51. The van der Waals surface area contributed by atoms with Crippen LogP contribution in [0.25, 0.3) is 0 Å². The quantitative estimate of drug-likeness (QED) is 0.572. The van der Waals surface area contributed by atoms with Gasteiger partial charge in [0, 0.05) is 32.4 Å². The number of ketones is 1. The lowest BCUT2D eigenvalue weighted by Crippen LogP contribution is -2.25. The van der Waals surface area contributed by atoms with Crippen molar-refractivity contribution in [3.63, 3.8) is 0 Å². The molecule has 1 aliphatic heterocycles. The Morgan fingerprint density at radius 3 is 2.75 bits per heavy atom. The van der Waals surface area contributed by atoms with Crippen LogP contribution in [0.2, 0.25) is 0 Å². The summed E-state index contributed by atoms with van der Waals surface area (Å²) >= 11 is 3.20. The van der Waals surface area contributed by atoms with Crippen molar-refractivity contribution in [2.45, 2.75) is 13.0 Å². The molecule has 0 atom stereocenters. The van der Waals surface area contributed by atoms with Crippen molar-refractivity contribution in [3.05, 3.63) is 57.2 Å². The highest BCUT2D eigenvalue weighted by Crippen LogP contribution is 2.31. The molecule has 1 N–H and O–H groups in total. The van der Waals surface area contributed by atoms with Gasteiger partial charge in [0.1, 0.15) is 5.76 Å². The molecule has 0 aromatic carbocycles. The predicted molar refractivity (Wildman–Crippen MR) is 90.7 cm³/mol. The summed E-state index contributed by atoms with van der Waals surface area (Å²) < 4.78 is 29.9. The number of ether oxygens (including phenoxy) is 1. The van der Waals surface area contributed by atoms with Gasteiger partial charge in [-0.25, -0.2) is 0 Å². The molecule has 1 heterocycles. The number of carbonyl (C=O) groups excluding carboxylic acids is 1. The van der Waals surface area contributed by atoms with Crippen molar-refractivity contribution in [1.82, 2.24) is 10.2 Å². The van der Waals surface area contributed by atoms with E-state index >= 15 is 0 Å². The Bertz CT molecular complexity index is 753. The van der Waals surface area contributed by atoms with Crippen molar-refractivity contribution < 1.29 is 18.3 Å². The summed E-state index contributed by atoms with van der Waals surface area (Å²) in [6.45, 7) is -2.94. The molecular weight excluding hydrogens is 382 g/mol. The topological polar surface area (TPSA) is 41.6 Å². The van der Waals surface area contributed by atoms with Crippen molar-refractivity contribution in [3.8, 4) is 12.3 Å². The Morgan fingerprint density at radius 2 is 2.17 bits per heavy atom. The first-order valence-electron chi connectivity index (χ1n) is 6.94. The average Bonchev–Trinajstić information content (AvgIpc) is 2.59. The second-order valence-electron chi connectivity index (χ2n) is 5.32. The van der Waals surface area contributed by atoms with Gasteiger partial charge in [-0.1, -0.05) is 5.92 Å². The zero-order valence-corrected chi connectivity index (χ0v) is 14.7. The van der Waals surface area contributed by atoms with Gasteiger partial charge in [0.15, 0.2) is 0 Å². The number of hydrogen-bond acceptors (Lipinski definition) is 4. The molecule has 0 fully saturated rings. The summed E-state index contributed by atoms with van der Waals surface area (Å²) in [4.78, 5) is 14.2. The van der Waals surface area contributed by atoms with E-state index in [1.54, 1.807) is 37.3 Å². The Morgan fingerprint density at radius 1 is 1.46 bits per heavy atom. The smallest absolute Gasteiger partial charge is 0.387 e. The van der Waals surface area contributed by atoms with Crippen LogP contribution in [0, 0.1) is 12.3 Å². The van der Waals surface area contributed by atoms with Gasteiger partial charge in [0.2, 0.25) is 5.78 Å². The van der Waals surface area contributed by atoms with Gasteiger partial charge < -0.3 is 15.0 Å². The maximum Gasteiger partial charge on any atom is 0.387 e. The third kappa shape index (κ3) is 4.36. The molecule has 0 saturated heterocycles. The number of nitrogens with one attached hydrogen (secondary N) is 1. The van der Waals surface area contributed by atoms with Crippen molar-refractivity contribution >= 4 is 21.7 Å². The first kappa shape index (κ1) is 18.0. The van der Waals surface area contributed by atoms with Crippen molar-refractivity contribution in [2.24, 2.45) is 0 Å².